The molecule has 0 saturated heterocycles. The second-order valence-corrected chi connectivity index (χ2v) is 26.3. The van der Waals surface area contributed by atoms with E-state index >= 15 is 0 Å². The van der Waals surface area contributed by atoms with Gasteiger partial charge in [-0.2, -0.15) is 0 Å². The lowest BCUT2D eigenvalue weighted by molar-refractivity contribution is -0.151. The zero-order valence-corrected chi connectivity index (χ0v) is 60.3. The summed E-state index contributed by atoms with van der Waals surface area (Å²) in [5, 5.41) is -0.143. The smallest absolute Gasteiger partial charge is 0.325 e. The molecule has 0 aliphatic carbocycles. The summed E-state index contributed by atoms with van der Waals surface area (Å²) in [6.45, 7) is 16.6. The fourth-order valence-corrected chi connectivity index (χ4v) is 11.2. The maximum absolute atomic E-state index is 13.1. The lowest BCUT2D eigenvalue weighted by Gasteiger charge is -2.24. The number of carbonyl (C=O) groups is 6. The number of amides is 2. The molecule has 0 radical (unpaired) electrons. The zero-order chi connectivity index (χ0) is 66.1. The number of ether oxygens (including phenoxy) is 4. The van der Waals surface area contributed by atoms with Crippen LogP contribution in [0.25, 0.3) is 0 Å². The van der Waals surface area contributed by atoms with Crippen molar-refractivity contribution in [1.29, 1.82) is 0 Å². The lowest BCUT2D eigenvalue weighted by Crippen LogP contribution is -2.36. The van der Waals surface area contributed by atoms with Gasteiger partial charge in [-0.15, -0.1) is 0 Å². The zero-order valence-electron chi connectivity index (χ0n) is 58.7. The van der Waals surface area contributed by atoms with Crippen molar-refractivity contribution in [2.45, 2.75) is 291 Å². The van der Waals surface area contributed by atoms with Gasteiger partial charge in [0.25, 0.3) is 10.5 Å². The van der Waals surface area contributed by atoms with Crippen LogP contribution in [0.4, 0.5) is 9.59 Å². The van der Waals surface area contributed by atoms with E-state index in [0.29, 0.717) is 57.0 Å². The molecule has 0 fully saturated rings. The Balaban J connectivity index is 0. The van der Waals surface area contributed by atoms with E-state index in [1.807, 2.05) is 45.2 Å². The molecule has 0 aliphatic heterocycles. The number of hydrogen-bond acceptors (Lipinski definition) is 14. The molecule has 14 nitrogen and oxygen atoms in total. The molecule has 0 bridgehead atoms. The Kier molecular flexibility index (Phi) is 66.1. The van der Waals surface area contributed by atoms with Gasteiger partial charge in [0.2, 0.25) is 0 Å². The summed E-state index contributed by atoms with van der Waals surface area (Å²) in [6, 6.07) is 0. The molecule has 0 aromatic carbocycles. The van der Waals surface area contributed by atoms with Crippen LogP contribution in [-0.4, -0.2) is 158 Å². The van der Waals surface area contributed by atoms with E-state index in [1.165, 1.54) is 107 Å². The summed E-state index contributed by atoms with van der Waals surface area (Å²) in [7, 11) is 8.00. The van der Waals surface area contributed by atoms with Crippen LogP contribution in [0, 0.1) is 0 Å². The molecule has 0 unspecified atom stereocenters. The molecule has 89 heavy (non-hydrogen) atoms. The minimum atomic E-state index is -0.342. The van der Waals surface area contributed by atoms with Crippen molar-refractivity contribution in [1.82, 2.24) is 19.6 Å². The van der Waals surface area contributed by atoms with E-state index in [-0.39, 0.29) is 79.0 Å². The van der Waals surface area contributed by atoms with E-state index in [1.54, 1.807) is 9.80 Å². The van der Waals surface area contributed by atoms with Gasteiger partial charge in [0.1, 0.15) is 32.0 Å². The molecule has 0 rings (SSSR count). The maximum atomic E-state index is 13.1. The Morgan fingerprint density at radius 1 is 0.337 bits per heavy atom. The lowest BCUT2D eigenvalue weighted by atomic mass is 10.0. The topological polar surface area (TPSA) is 152 Å². The summed E-state index contributed by atoms with van der Waals surface area (Å²) in [5.74, 6) is 0.310. The van der Waals surface area contributed by atoms with Crippen molar-refractivity contribution in [3.8, 4) is 0 Å². The number of nitrogens with zero attached hydrogens (tertiary/aromatic N) is 4. The number of unbranched alkanes of at least 4 members (excludes halogenated alkanes) is 18. The minimum absolute atomic E-state index is 0.0137. The summed E-state index contributed by atoms with van der Waals surface area (Å²) in [4.78, 5) is 84.0. The van der Waals surface area contributed by atoms with Gasteiger partial charge in [0.15, 0.2) is 0 Å². The summed E-state index contributed by atoms with van der Waals surface area (Å²) >= 11 is 2.53. The average molecular weight is 1290 g/mol. The van der Waals surface area contributed by atoms with Crippen molar-refractivity contribution in [2.75, 3.05) is 92.2 Å². The fraction of sp³-hybridized carbons (Fsp3) is 0.808. The molecule has 16 heteroatoms. The molecule has 0 aromatic rings. The predicted octanol–water partition coefficient (Wildman–Crippen LogP) is 19.1. The minimum Gasteiger partial charge on any atom is -0.462 e. The van der Waals surface area contributed by atoms with Gasteiger partial charge in [-0.25, -0.2) is 0 Å². The number of rotatable bonds is 59. The quantitative estimate of drug-likeness (QED) is 0.0246. The Bertz CT molecular complexity index is 1780. The average Bonchev–Trinajstić information content (AvgIpc) is 3.72. The van der Waals surface area contributed by atoms with Crippen LogP contribution >= 0.6 is 23.5 Å². The first kappa shape index (κ1) is 87.5. The molecular weight excluding hydrogens is 1160 g/mol. The molecule has 0 N–H and O–H groups in total. The van der Waals surface area contributed by atoms with E-state index < -0.39 is 0 Å². The number of thioether (sulfide) groups is 2. The number of allylic oxidation sites excluding steroid dienone is 6. The van der Waals surface area contributed by atoms with Crippen LogP contribution in [0.15, 0.2) is 48.6 Å². The van der Waals surface area contributed by atoms with Crippen molar-refractivity contribution in [3.05, 3.63) is 48.6 Å². The van der Waals surface area contributed by atoms with Crippen LogP contribution in [0.1, 0.15) is 279 Å². The fourth-order valence-electron chi connectivity index (χ4n) is 9.45. The highest BCUT2D eigenvalue weighted by Gasteiger charge is 2.23. The number of carbonyl (C=O) groups excluding carboxylic acids is 6. The second-order valence-electron chi connectivity index (χ2n) is 24.2. The Morgan fingerprint density at radius 2 is 0.719 bits per heavy atom. The highest BCUT2D eigenvalue weighted by atomic mass is 32.2. The standard InChI is InChI=1S/C37H66N2O5S.C36H68N2O5S/c1-6-9-12-15-16-19-22-32-43-35(40)27-23-29-39(37(42)45-33-31-38(4)5)30-24-28-36(41)44-34(25-20-17-13-10-7-2)26-21-18-14-11-8-3;1-6-9-12-15-16-19-22-30-42-34(39)27-23-29-38(36(41)44-31-24-28-37(4)5)32-35(40)43-33(25-20-17-13-10-7-2)26-21-18-14-11-8-3/h13-14,17-19,22,34H,6-12,15-16,20-21,23-33H2,1-5H3;19,22,33H,6-18,20-21,23-32H2,1-5H3/b17-13+,18-14+,22-19-;22-19-. The normalized spacial score (nSPS) is 11.7. The first-order valence-corrected chi connectivity index (χ1v) is 37.6. The van der Waals surface area contributed by atoms with Gasteiger partial charge in [-0.05, 0) is 150 Å². The molecule has 0 spiro atoms. The van der Waals surface area contributed by atoms with E-state index in [9.17, 15) is 28.8 Å². The summed E-state index contributed by atoms with van der Waals surface area (Å²) < 4.78 is 22.6. The van der Waals surface area contributed by atoms with Crippen molar-refractivity contribution in [3.63, 3.8) is 0 Å². The molecule has 0 saturated carbocycles. The molecule has 0 atom stereocenters. The third kappa shape index (κ3) is 63.0. The third-order valence-electron chi connectivity index (χ3n) is 14.9. The van der Waals surface area contributed by atoms with E-state index in [0.717, 1.165) is 129 Å². The van der Waals surface area contributed by atoms with Gasteiger partial charge >= 0.3 is 23.9 Å². The van der Waals surface area contributed by atoms with Gasteiger partial charge in [-0.1, -0.05) is 216 Å². The van der Waals surface area contributed by atoms with E-state index in [4.69, 9.17) is 18.9 Å². The van der Waals surface area contributed by atoms with Crippen molar-refractivity contribution >= 4 is 57.9 Å². The van der Waals surface area contributed by atoms with Gasteiger partial charge in [-0.3, -0.25) is 28.8 Å². The Hall–Kier alpha value is -3.60. The van der Waals surface area contributed by atoms with Crippen molar-refractivity contribution in [2.24, 2.45) is 0 Å². The first-order valence-electron chi connectivity index (χ1n) is 35.6. The highest BCUT2D eigenvalue weighted by molar-refractivity contribution is 8.13. The first-order chi connectivity index (χ1) is 43.2. The highest BCUT2D eigenvalue weighted by Crippen LogP contribution is 2.20. The molecule has 2 amide bonds. The molecular formula is C73H134N4O10S2. The number of hydrogen-bond donors (Lipinski definition) is 0. The maximum Gasteiger partial charge on any atom is 0.325 e. The van der Waals surface area contributed by atoms with Gasteiger partial charge in [0.05, 0.1) is 0 Å². The number of esters is 4. The van der Waals surface area contributed by atoms with Gasteiger partial charge in [0, 0.05) is 56.9 Å². The summed E-state index contributed by atoms with van der Waals surface area (Å²) in [6.07, 6.45) is 52.9. The van der Waals surface area contributed by atoms with Crippen LogP contribution in [0.5, 0.6) is 0 Å². The Labute approximate surface area is 554 Å². The largest absolute Gasteiger partial charge is 0.462 e. The predicted molar refractivity (Wildman–Crippen MR) is 379 cm³/mol. The summed E-state index contributed by atoms with van der Waals surface area (Å²) in [5.41, 5.74) is 0. The molecule has 0 aliphatic rings. The van der Waals surface area contributed by atoms with Gasteiger partial charge < -0.3 is 38.5 Å². The van der Waals surface area contributed by atoms with E-state index in [2.05, 4.69) is 82.9 Å². The monoisotopic (exact) mass is 1290 g/mol. The third-order valence-corrected chi connectivity index (χ3v) is 16.8. The molecule has 0 heterocycles. The SMILES string of the molecule is CCC/C=C/CCC(CC/C=C/CCC)OC(=O)CCCN(CCCC(=O)OC/C=C\CCCCCC)C(=O)SCCN(C)C.CCCCCC/C=C\COC(=O)CCCN(CC(=O)OC(CCCCCCC)CCCCCCC)C(=O)SCCCN(C)C. The molecule has 518 valence electrons. The van der Waals surface area contributed by atoms with Crippen molar-refractivity contribution < 1.29 is 47.7 Å². The second kappa shape index (κ2) is 67.3. The molecule has 0 aromatic heterocycles. The van der Waals surface area contributed by atoms with Crippen LogP contribution in [-0.2, 0) is 38.1 Å². The van der Waals surface area contributed by atoms with Crippen LogP contribution < -0.4 is 0 Å². The van der Waals surface area contributed by atoms with Crippen LogP contribution in [0.2, 0.25) is 0 Å². The Morgan fingerprint density at radius 3 is 1.18 bits per heavy atom. The van der Waals surface area contributed by atoms with Crippen LogP contribution in [0.3, 0.4) is 0 Å².